The Kier molecular flexibility index (Phi) is 5.78. The van der Waals surface area contributed by atoms with Crippen molar-refractivity contribution in [1.82, 2.24) is 39.9 Å². The molecule has 4 aromatic rings. The van der Waals surface area contributed by atoms with Crippen LogP contribution >= 0.6 is 0 Å². The van der Waals surface area contributed by atoms with E-state index in [4.69, 9.17) is 5.73 Å². The van der Waals surface area contributed by atoms with Crippen LogP contribution in [0.1, 0.15) is 32.7 Å². The predicted molar refractivity (Wildman–Crippen MR) is 123 cm³/mol. The molecule has 3 aromatic heterocycles. The zero-order chi connectivity index (χ0) is 23.8. The average molecular weight is 466 g/mol. The van der Waals surface area contributed by atoms with Crippen molar-refractivity contribution in [1.29, 1.82) is 0 Å². The zero-order valence-corrected chi connectivity index (χ0v) is 18.9. The van der Waals surface area contributed by atoms with Crippen LogP contribution in [0.2, 0.25) is 0 Å². The molecule has 11 heteroatoms. The Labute approximate surface area is 195 Å². The molecule has 1 aliphatic heterocycles. The van der Waals surface area contributed by atoms with Crippen LogP contribution in [-0.4, -0.2) is 59.0 Å². The highest BCUT2D eigenvalue weighted by Crippen LogP contribution is 2.31. The van der Waals surface area contributed by atoms with Crippen molar-refractivity contribution in [3.8, 4) is 28.2 Å². The van der Waals surface area contributed by atoms with Crippen LogP contribution in [0.25, 0.3) is 28.2 Å². The first kappa shape index (κ1) is 22.1. The minimum Gasteiger partial charge on any atom is -0.383 e. The SMILES string of the molecule is CC(C)N1CCC(n2cc(-c3cnc(N)c(-c4nnnn4-c4cccc(F)c4F)c3)cn2)CC1. The van der Waals surface area contributed by atoms with E-state index in [1.54, 1.807) is 18.5 Å². The maximum atomic E-state index is 14.4. The summed E-state index contributed by atoms with van der Waals surface area (Å²) < 4.78 is 31.3. The number of halogens is 2. The van der Waals surface area contributed by atoms with Crippen LogP contribution in [-0.2, 0) is 0 Å². The fourth-order valence-corrected chi connectivity index (χ4v) is 4.34. The Hall–Kier alpha value is -3.73. The topological polar surface area (TPSA) is 104 Å². The van der Waals surface area contributed by atoms with E-state index in [-0.39, 0.29) is 17.3 Å². The van der Waals surface area contributed by atoms with Crippen molar-refractivity contribution >= 4 is 5.82 Å². The largest absolute Gasteiger partial charge is 0.383 e. The molecule has 176 valence electrons. The lowest BCUT2D eigenvalue weighted by Gasteiger charge is -2.34. The van der Waals surface area contributed by atoms with Crippen LogP contribution in [0.15, 0.2) is 42.9 Å². The van der Waals surface area contributed by atoms with Gasteiger partial charge in [0.05, 0.1) is 17.8 Å². The van der Waals surface area contributed by atoms with Crippen LogP contribution in [0.5, 0.6) is 0 Å². The quantitative estimate of drug-likeness (QED) is 0.481. The van der Waals surface area contributed by atoms with Gasteiger partial charge in [-0.15, -0.1) is 5.10 Å². The lowest BCUT2D eigenvalue weighted by atomic mass is 10.0. The van der Waals surface area contributed by atoms with Gasteiger partial charge in [-0.2, -0.15) is 9.78 Å². The molecular weight excluding hydrogens is 440 g/mol. The number of benzene rings is 1. The minimum absolute atomic E-state index is 0.120. The summed E-state index contributed by atoms with van der Waals surface area (Å²) in [6, 6.07) is 6.48. The third kappa shape index (κ3) is 4.03. The third-order valence-electron chi connectivity index (χ3n) is 6.33. The molecule has 0 spiro atoms. The number of anilines is 1. The van der Waals surface area contributed by atoms with Gasteiger partial charge in [-0.1, -0.05) is 6.07 Å². The smallest absolute Gasteiger partial charge is 0.190 e. The number of hydrogen-bond donors (Lipinski definition) is 1. The summed E-state index contributed by atoms with van der Waals surface area (Å²) in [5.74, 6) is -1.72. The van der Waals surface area contributed by atoms with Gasteiger partial charge >= 0.3 is 0 Å². The van der Waals surface area contributed by atoms with E-state index < -0.39 is 11.6 Å². The van der Waals surface area contributed by atoms with Gasteiger partial charge < -0.3 is 10.6 Å². The van der Waals surface area contributed by atoms with Crippen LogP contribution in [0, 0.1) is 11.6 Å². The van der Waals surface area contributed by atoms with Crippen molar-refractivity contribution in [3.63, 3.8) is 0 Å². The fourth-order valence-electron chi connectivity index (χ4n) is 4.34. The highest BCUT2D eigenvalue weighted by molar-refractivity contribution is 5.76. The first-order chi connectivity index (χ1) is 16.4. The highest BCUT2D eigenvalue weighted by atomic mass is 19.2. The molecule has 9 nitrogen and oxygen atoms in total. The number of nitrogen functional groups attached to an aromatic ring is 1. The molecule has 4 heterocycles. The highest BCUT2D eigenvalue weighted by Gasteiger charge is 2.23. The Morgan fingerprint density at radius 2 is 1.88 bits per heavy atom. The van der Waals surface area contributed by atoms with Gasteiger partial charge in [-0.05, 0) is 55.3 Å². The Bertz CT molecular complexity index is 1310. The van der Waals surface area contributed by atoms with E-state index in [0.717, 1.165) is 47.8 Å². The second kappa shape index (κ2) is 8.90. The van der Waals surface area contributed by atoms with E-state index in [9.17, 15) is 8.78 Å². The van der Waals surface area contributed by atoms with Gasteiger partial charge in [0.1, 0.15) is 11.5 Å². The van der Waals surface area contributed by atoms with Gasteiger partial charge in [0.15, 0.2) is 17.5 Å². The maximum Gasteiger partial charge on any atom is 0.190 e. The molecule has 34 heavy (non-hydrogen) atoms. The van der Waals surface area contributed by atoms with Crippen molar-refractivity contribution in [2.24, 2.45) is 0 Å². The summed E-state index contributed by atoms with van der Waals surface area (Å²) in [6.45, 7) is 6.53. The van der Waals surface area contributed by atoms with Crippen molar-refractivity contribution < 1.29 is 8.78 Å². The number of rotatable bonds is 5. The number of tetrazole rings is 1. The summed E-state index contributed by atoms with van der Waals surface area (Å²) in [6.07, 6.45) is 7.53. The molecule has 0 unspecified atom stereocenters. The first-order valence-corrected chi connectivity index (χ1v) is 11.2. The molecule has 1 aliphatic rings. The van der Waals surface area contributed by atoms with Crippen molar-refractivity contribution in [3.05, 3.63) is 54.5 Å². The van der Waals surface area contributed by atoms with Gasteiger partial charge in [0, 0.05) is 42.7 Å². The molecule has 1 fully saturated rings. The Balaban J connectivity index is 1.45. The number of likely N-dealkylation sites (tertiary alicyclic amines) is 1. The molecule has 0 bridgehead atoms. The molecule has 5 rings (SSSR count). The Morgan fingerprint density at radius 1 is 1.09 bits per heavy atom. The molecule has 1 aromatic carbocycles. The number of aromatic nitrogens is 7. The second-order valence-electron chi connectivity index (χ2n) is 8.71. The molecule has 1 saturated heterocycles. The molecular formula is C23H25F2N9. The molecule has 0 atom stereocenters. The van der Waals surface area contributed by atoms with Crippen LogP contribution < -0.4 is 5.73 Å². The number of piperidine rings is 1. The summed E-state index contributed by atoms with van der Waals surface area (Å²) in [4.78, 5) is 6.77. The normalized spacial score (nSPS) is 15.3. The lowest BCUT2D eigenvalue weighted by Crippen LogP contribution is -2.39. The number of pyridine rings is 1. The lowest BCUT2D eigenvalue weighted by molar-refractivity contribution is 0.147. The second-order valence-corrected chi connectivity index (χ2v) is 8.71. The van der Waals surface area contributed by atoms with E-state index in [2.05, 4.69) is 44.4 Å². The summed E-state index contributed by atoms with van der Waals surface area (Å²) in [5.41, 5.74) is 8.05. The van der Waals surface area contributed by atoms with Gasteiger partial charge in [-0.3, -0.25) is 4.68 Å². The zero-order valence-electron chi connectivity index (χ0n) is 18.9. The summed E-state index contributed by atoms with van der Waals surface area (Å²) in [5, 5.41) is 16.1. The Morgan fingerprint density at radius 3 is 2.65 bits per heavy atom. The summed E-state index contributed by atoms with van der Waals surface area (Å²) in [7, 11) is 0. The minimum atomic E-state index is -1.05. The third-order valence-corrected chi connectivity index (χ3v) is 6.33. The molecule has 0 saturated carbocycles. The molecule has 0 amide bonds. The van der Waals surface area contributed by atoms with E-state index in [0.29, 0.717) is 17.6 Å². The number of nitrogens with zero attached hydrogens (tertiary/aromatic N) is 8. The number of nitrogens with two attached hydrogens (primary N) is 1. The maximum absolute atomic E-state index is 14.4. The standard InChI is InChI=1S/C23H25F2N9/c1-14(2)32-8-6-17(7-9-32)33-13-16(12-28-33)15-10-18(22(26)27-11-15)23-29-30-31-34(23)20-5-3-4-19(24)21(20)25/h3-5,10-14,17H,6-9H2,1-2H3,(H2,26,27). The molecule has 0 aliphatic carbocycles. The van der Waals surface area contributed by atoms with E-state index >= 15 is 0 Å². The first-order valence-electron chi connectivity index (χ1n) is 11.2. The van der Waals surface area contributed by atoms with Crippen LogP contribution in [0.4, 0.5) is 14.6 Å². The summed E-state index contributed by atoms with van der Waals surface area (Å²) >= 11 is 0. The molecule has 0 radical (unpaired) electrons. The fraction of sp³-hybridized carbons (Fsp3) is 0.348. The molecule has 2 N–H and O–H groups in total. The van der Waals surface area contributed by atoms with Gasteiger partial charge in [0.2, 0.25) is 0 Å². The number of hydrogen-bond acceptors (Lipinski definition) is 7. The van der Waals surface area contributed by atoms with Crippen LogP contribution in [0.3, 0.4) is 0 Å². The average Bonchev–Trinajstić information content (AvgIpc) is 3.52. The van der Waals surface area contributed by atoms with Gasteiger partial charge in [-0.25, -0.2) is 13.8 Å². The van der Waals surface area contributed by atoms with Gasteiger partial charge in [0.25, 0.3) is 0 Å². The van der Waals surface area contributed by atoms with E-state index in [1.807, 2.05) is 10.9 Å². The monoisotopic (exact) mass is 465 g/mol. The van der Waals surface area contributed by atoms with Crippen molar-refractivity contribution in [2.45, 2.75) is 38.8 Å². The predicted octanol–water partition coefficient (Wildman–Crippen LogP) is 3.49. The van der Waals surface area contributed by atoms with E-state index in [1.165, 1.54) is 12.1 Å². The van der Waals surface area contributed by atoms with Crippen molar-refractivity contribution in [2.75, 3.05) is 18.8 Å².